The van der Waals surface area contributed by atoms with Crippen molar-refractivity contribution in [1.29, 1.82) is 0 Å². The average molecular weight is 322 g/mol. The molecule has 3 rings (SSSR count). The Labute approximate surface area is 140 Å². The first-order chi connectivity index (χ1) is 11.8. The van der Waals surface area contributed by atoms with Gasteiger partial charge in [-0.2, -0.15) is 0 Å². The third-order valence-electron chi connectivity index (χ3n) is 3.52. The molecule has 2 heterocycles. The number of furan rings is 1. The Kier molecular flexibility index (Phi) is 4.91. The number of hydrogen-bond donors (Lipinski definition) is 1. The normalized spacial score (nSPS) is 10.4. The van der Waals surface area contributed by atoms with Crippen LogP contribution in [-0.4, -0.2) is 17.5 Å². The number of aromatic nitrogens is 1. The number of benzene rings is 1. The van der Waals surface area contributed by atoms with Gasteiger partial charge in [-0.3, -0.25) is 9.78 Å². The fraction of sp³-hybridized carbons (Fsp3) is 0.158. The predicted octanol–water partition coefficient (Wildman–Crippen LogP) is 3.67. The molecule has 24 heavy (non-hydrogen) atoms. The van der Waals surface area contributed by atoms with Gasteiger partial charge in [-0.05, 0) is 48.9 Å². The van der Waals surface area contributed by atoms with E-state index in [1.807, 2.05) is 25.1 Å². The summed E-state index contributed by atoms with van der Waals surface area (Å²) in [5, 5.41) is 2.88. The Morgan fingerprint density at radius 1 is 1.17 bits per heavy atom. The van der Waals surface area contributed by atoms with Gasteiger partial charge >= 0.3 is 0 Å². The third kappa shape index (κ3) is 3.81. The number of carbonyl (C=O) groups is 1. The van der Waals surface area contributed by atoms with Crippen LogP contribution in [0, 0.1) is 0 Å². The van der Waals surface area contributed by atoms with Crippen LogP contribution in [0.3, 0.4) is 0 Å². The average Bonchev–Trinajstić information content (AvgIpc) is 3.16. The van der Waals surface area contributed by atoms with Gasteiger partial charge in [0, 0.05) is 23.9 Å². The van der Waals surface area contributed by atoms with Crippen molar-refractivity contribution in [2.24, 2.45) is 0 Å². The van der Waals surface area contributed by atoms with Crippen molar-refractivity contribution in [3.63, 3.8) is 0 Å². The molecule has 1 N–H and O–H groups in total. The summed E-state index contributed by atoms with van der Waals surface area (Å²) in [6.45, 7) is 2.95. The van der Waals surface area contributed by atoms with Crippen molar-refractivity contribution in [3.05, 3.63) is 72.3 Å². The lowest BCUT2D eigenvalue weighted by atomic mass is 10.1. The first-order valence-electron chi connectivity index (χ1n) is 7.75. The summed E-state index contributed by atoms with van der Waals surface area (Å²) in [6.07, 6.45) is 5.01. The van der Waals surface area contributed by atoms with Crippen molar-refractivity contribution in [2.45, 2.75) is 13.5 Å². The SMILES string of the molecule is CCOc1ccc(C(=O)NCc2ccc(-c3ccoc3)nc2)cc1. The maximum Gasteiger partial charge on any atom is 0.251 e. The molecule has 0 saturated heterocycles. The first kappa shape index (κ1) is 15.8. The fourth-order valence-electron chi connectivity index (χ4n) is 2.26. The molecule has 0 aliphatic heterocycles. The minimum atomic E-state index is -0.128. The third-order valence-corrected chi connectivity index (χ3v) is 3.52. The number of rotatable bonds is 6. The summed E-state index contributed by atoms with van der Waals surface area (Å²) in [5.74, 6) is 0.630. The molecule has 2 aromatic heterocycles. The van der Waals surface area contributed by atoms with Gasteiger partial charge in [-0.25, -0.2) is 0 Å². The van der Waals surface area contributed by atoms with Crippen LogP contribution in [0.4, 0.5) is 0 Å². The molecule has 5 heteroatoms. The molecule has 0 bridgehead atoms. The number of carbonyl (C=O) groups excluding carboxylic acids is 1. The van der Waals surface area contributed by atoms with Crippen LogP contribution >= 0.6 is 0 Å². The standard InChI is InChI=1S/C19H18N2O3/c1-2-24-17-6-4-15(5-7-17)19(22)21-12-14-3-8-18(20-11-14)16-9-10-23-13-16/h3-11,13H,2,12H2,1H3,(H,21,22). The van der Waals surface area contributed by atoms with Gasteiger partial charge in [-0.1, -0.05) is 6.07 Å². The molecule has 1 amide bonds. The Hall–Kier alpha value is -3.08. The van der Waals surface area contributed by atoms with Crippen molar-refractivity contribution in [3.8, 4) is 17.0 Å². The molecule has 0 spiro atoms. The largest absolute Gasteiger partial charge is 0.494 e. The van der Waals surface area contributed by atoms with E-state index >= 15 is 0 Å². The lowest BCUT2D eigenvalue weighted by molar-refractivity contribution is 0.0951. The molecule has 0 aliphatic carbocycles. The van der Waals surface area contributed by atoms with Crippen LogP contribution in [0.5, 0.6) is 5.75 Å². The van der Waals surface area contributed by atoms with Gasteiger partial charge in [0.25, 0.3) is 5.91 Å². The van der Waals surface area contributed by atoms with Gasteiger partial charge in [0.2, 0.25) is 0 Å². The van der Waals surface area contributed by atoms with E-state index in [1.54, 1.807) is 43.0 Å². The Morgan fingerprint density at radius 2 is 2.00 bits per heavy atom. The minimum Gasteiger partial charge on any atom is -0.494 e. The number of ether oxygens (including phenoxy) is 1. The monoisotopic (exact) mass is 322 g/mol. The van der Waals surface area contributed by atoms with Gasteiger partial charge in [-0.15, -0.1) is 0 Å². The molecule has 0 radical (unpaired) electrons. The highest BCUT2D eigenvalue weighted by Gasteiger charge is 2.06. The van der Waals surface area contributed by atoms with E-state index in [1.165, 1.54) is 0 Å². The molecule has 0 aliphatic rings. The fourth-order valence-corrected chi connectivity index (χ4v) is 2.26. The maximum absolute atomic E-state index is 12.2. The van der Waals surface area contributed by atoms with Crippen molar-refractivity contribution in [1.82, 2.24) is 10.3 Å². The van der Waals surface area contributed by atoms with Crippen LogP contribution in [0.25, 0.3) is 11.3 Å². The molecule has 1 aromatic carbocycles. The van der Waals surface area contributed by atoms with Gasteiger partial charge in [0.1, 0.15) is 5.75 Å². The molecule has 3 aromatic rings. The second-order valence-corrected chi connectivity index (χ2v) is 5.20. The Balaban J connectivity index is 1.57. The summed E-state index contributed by atoms with van der Waals surface area (Å²) in [4.78, 5) is 16.5. The van der Waals surface area contributed by atoms with E-state index in [-0.39, 0.29) is 5.91 Å². The van der Waals surface area contributed by atoms with Crippen LogP contribution in [0.2, 0.25) is 0 Å². The molecular weight excluding hydrogens is 304 g/mol. The van der Waals surface area contributed by atoms with E-state index in [9.17, 15) is 4.79 Å². The van der Waals surface area contributed by atoms with Gasteiger partial charge in [0.15, 0.2) is 0 Å². The Morgan fingerprint density at radius 3 is 2.62 bits per heavy atom. The number of hydrogen-bond acceptors (Lipinski definition) is 4. The first-order valence-corrected chi connectivity index (χ1v) is 7.75. The zero-order valence-electron chi connectivity index (χ0n) is 13.4. The highest BCUT2D eigenvalue weighted by atomic mass is 16.5. The molecule has 0 fully saturated rings. The number of nitrogens with zero attached hydrogens (tertiary/aromatic N) is 1. The quantitative estimate of drug-likeness (QED) is 0.752. The van der Waals surface area contributed by atoms with Crippen molar-refractivity contribution >= 4 is 5.91 Å². The highest BCUT2D eigenvalue weighted by molar-refractivity contribution is 5.94. The van der Waals surface area contributed by atoms with Gasteiger partial charge in [0.05, 0.1) is 24.8 Å². The van der Waals surface area contributed by atoms with Gasteiger partial charge < -0.3 is 14.5 Å². The topological polar surface area (TPSA) is 64.4 Å². The zero-order valence-corrected chi connectivity index (χ0v) is 13.4. The summed E-state index contributed by atoms with van der Waals surface area (Å²) in [5.41, 5.74) is 3.30. The summed E-state index contributed by atoms with van der Waals surface area (Å²) in [6, 6.07) is 12.8. The second-order valence-electron chi connectivity index (χ2n) is 5.20. The van der Waals surface area contributed by atoms with Crippen LogP contribution < -0.4 is 10.1 Å². The van der Waals surface area contributed by atoms with E-state index in [4.69, 9.17) is 9.15 Å². The summed E-state index contributed by atoms with van der Waals surface area (Å²) >= 11 is 0. The minimum absolute atomic E-state index is 0.128. The number of amides is 1. The smallest absolute Gasteiger partial charge is 0.251 e. The van der Waals surface area contributed by atoms with Crippen molar-refractivity contribution < 1.29 is 13.9 Å². The molecular formula is C19H18N2O3. The van der Waals surface area contributed by atoms with E-state index in [0.29, 0.717) is 18.7 Å². The van der Waals surface area contributed by atoms with Crippen molar-refractivity contribution in [2.75, 3.05) is 6.61 Å². The van der Waals surface area contributed by atoms with E-state index in [2.05, 4.69) is 10.3 Å². The van der Waals surface area contributed by atoms with Crippen LogP contribution in [0.1, 0.15) is 22.8 Å². The summed E-state index contributed by atoms with van der Waals surface area (Å²) in [7, 11) is 0. The summed E-state index contributed by atoms with van der Waals surface area (Å²) < 4.78 is 10.4. The Bertz CT molecular complexity index is 778. The lowest BCUT2D eigenvalue weighted by Crippen LogP contribution is -2.22. The number of nitrogens with one attached hydrogen (secondary N) is 1. The van der Waals surface area contributed by atoms with E-state index < -0.39 is 0 Å². The molecule has 122 valence electrons. The second kappa shape index (κ2) is 7.46. The highest BCUT2D eigenvalue weighted by Crippen LogP contribution is 2.17. The molecule has 0 saturated carbocycles. The van der Waals surface area contributed by atoms with Crippen LogP contribution in [0.15, 0.2) is 65.6 Å². The van der Waals surface area contributed by atoms with E-state index in [0.717, 1.165) is 22.6 Å². The number of pyridine rings is 1. The maximum atomic E-state index is 12.2. The molecule has 5 nitrogen and oxygen atoms in total. The van der Waals surface area contributed by atoms with Crippen LogP contribution in [-0.2, 0) is 6.54 Å². The molecule has 0 unspecified atom stereocenters. The lowest BCUT2D eigenvalue weighted by Gasteiger charge is -2.07. The predicted molar refractivity (Wildman–Crippen MR) is 90.7 cm³/mol. The molecule has 0 atom stereocenters. The zero-order chi connectivity index (χ0) is 16.8.